The van der Waals surface area contributed by atoms with E-state index in [1.165, 1.54) is 22.5 Å². The highest BCUT2D eigenvalue weighted by atomic mass is 32.2. The number of sulfonamides is 1. The lowest BCUT2D eigenvalue weighted by atomic mass is 9.96. The van der Waals surface area contributed by atoms with Crippen LogP contribution >= 0.6 is 0 Å². The molecule has 1 N–H and O–H groups in total. The number of para-hydroxylation sites is 1. The molecule has 2 amide bonds. The zero-order chi connectivity index (χ0) is 24.3. The molecule has 8 nitrogen and oxygen atoms in total. The molecule has 0 aromatic heterocycles. The smallest absolute Gasteiger partial charge is 0.257 e. The van der Waals surface area contributed by atoms with Crippen LogP contribution < -0.4 is 0 Å². The highest BCUT2D eigenvalue weighted by Gasteiger charge is 2.31. The Morgan fingerprint density at radius 2 is 1.50 bits per heavy atom. The van der Waals surface area contributed by atoms with E-state index in [2.05, 4.69) is 0 Å². The topological polar surface area (TPSA) is 98.2 Å². The van der Waals surface area contributed by atoms with Crippen molar-refractivity contribution < 1.29 is 23.1 Å². The molecular weight excluding hydrogens is 454 g/mol. The van der Waals surface area contributed by atoms with Gasteiger partial charge in [0.15, 0.2) is 0 Å². The SMILES string of the molecule is CN(C1CCCCC1)S(=O)(=O)c1cccc(C(=O)N2CCN(C(=O)c3ccccc3O)CC2)c1. The molecule has 0 atom stereocenters. The van der Waals surface area contributed by atoms with Crippen LogP contribution in [0, 0.1) is 0 Å². The van der Waals surface area contributed by atoms with E-state index in [0.717, 1.165) is 32.1 Å². The summed E-state index contributed by atoms with van der Waals surface area (Å²) < 4.78 is 27.9. The second-order valence-corrected chi connectivity index (χ2v) is 10.9. The maximum atomic E-state index is 13.2. The van der Waals surface area contributed by atoms with E-state index in [4.69, 9.17) is 0 Å². The van der Waals surface area contributed by atoms with Gasteiger partial charge in [0, 0.05) is 44.8 Å². The number of piperazine rings is 1. The van der Waals surface area contributed by atoms with Gasteiger partial charge in [-0.1, -0.05) is 37.5 Å². The van der Waals surface area contributed by atoms with Gasteiger partial charge in [-0.05, 0) is 43.2 Å². The third-order valence-electron chi connectivity index (χ3n) is 6.84. The van der Waals surface area contributed by atoms with Gasteiger partial charge in [-0.25, -0.2) is 8.42 Å². The Morgan fingerprint density at radius 3 is 2.15 bits per heavy atom. The van der Waals surface area contributed by atoms with Crippen LogP contribution in [-0.4, -0.2) is 78.7 Å². The van der Waals surface area contributed by atoms with Gasteiger partial charge in [-0.3, -0.25) is 9.59 Å². The van der Waals surface area contributed by atoms with Crippen molar-refractivity contribution in [1.82, 2.24) is 14.1 Å². The summed E-state index contributed by atoms with van der Waals surface area (Å²) in [5.41, 5.74) is 0.556. The van der Waals surface area contributed by atoms with Crippen molar-refractivity contribution in [3.05, 3.63) is 59.7 Å². The lowest BCUT2D eigenvalue weighted by Crippen LogP contribution is -2.50. The van der Waals surface area contributed by atoms with Crippen molar-refractivity contribution in [3.8, 4) is 5.75 Å². The average Bonchev–Trinajstić information content (AvgIpc) is 2.88. The predicted octanol–water partition coefficient (Wildman–Crippen LogP) is 2.94. The maximum absolute atomic E-state index is 13.2. The zero-order valence-corrected chi connectivity index (χ0v) is 20.2. The van der Waals surface area contributed by atoms with Crippen molar-refractivity contribution in [3.63, 3.8) is 0 Å². The largest absolute Gasteiger partial charge is 0.507 e. The third-order valence-corrected chi connectivity index (χ3v) is 8.74. The van der Waals surface area contributed by atoms with Crippen molar-refractivity contribution in [2.45, 2.75) is 43.0 Å². The Balaban J connectivity index is 1.43. The number of nitrogens with zero attached hydrogens (tertiary/aromatic N) is 3. The van der Waals surface area contributed by atoms with Crippen LogP contribution in [0.5, 0.6) is 5.75 Å². The number of phenolic OH excluding ortho intramolecular Hbond substituents is 1. The Kier molecular flexibility index (Phi) is 7.23. The van der Waals surface area contributed by atoms with Gasteiger partial charge < -0.3 is 14.9 Å². The van der Waals surface area contributed by atoms with Crippen LogP contribution in [0.1, 0.15) is 52.8 Å². The number of rotatable bonds is 5. The second kappa shape index (κ2) is 10.1. The van der Waals surface area contributed by atoms with E-state index < -0.39 is 10.0 Å². The molecule has 34 heavy (non-hydrogen) atoms. The Bertz CT molecular complexity index is 1150. The fraction of sp³-hybridized carbons (Fsp3) is 0.440. The molecule has 1 heterocycles. The molecule has 2 aromatic carbocycles. The van der Waals surface area contributed by atoms with Crippen LogP contribution in [-0.2, 0) is 10.0 Å². The zero-order valence-electron chi connectivity index (χ0n) is 19.4. The molecule has 182 valence electrons. The minimum absolute atomic E-state index is 0.00669. The summed E-state index contributed by atoms with van der Waals surface area (Å²) in [5.74, 6) is -0.599. The number of phenols is 1. The highest BCUT2D eigenvalue weighted by molar-refractivity contribution is 7.89. The van der Waals surface area contributed by atoms with Gasteiger partial charge in [-0.15, -0.1) is 0 Å². The van der Waals surface area contributed by atoms with E-state index in [1.54, 1.807) is 47.2 Å². The van der Waals surface area contributed by atoms with Crippen LogP contribution in [0.2, 0.25) is 0 Å². The van der Waals surface area contributed by atoms with E-state index in [1.807, 2.05) is 0 Å². The Hall–Kier alpha value is -2.91. The quantitative estimate of drug-likeness (QED) is 0.702. The lowest BCUT2D eigenvalue weighted by Gasteiger charge is -2.35. The molecule has 1 saturated carbocycles. The first-order chi connectivity index (χ1) is 16.3. The molecule has 1 saturated heterocycles. The molecule has 9 heteroatoms. The van der Waals surface area contributed by atoms with Gasteiger partial charge in [0.25, 0.3) is 11.8 Å². The standard InChI is InChI=1S/C25H31N3O5S/c1-26(20-9-3-2-4-10-20)34(32,33)21-11-7-8-19(18-21)24(30)27-14-16-28(17-15-27)25(31)22-12-5-6-13-23(22)29/h5-8,11-13,18,20,29H,2-4,9-10,14-17H2,1H3. The summed E-state index contributed by atoms with van der Waals surface area (Å²) >= 11 is 0. The van der Waals surface area contributed by atoms with Gasteiger partial charge in [-0.2, -0.15) is 4.31 Å². The minimum Gasteiger partial charge on any atom is -0.507 e. The first kappa shape index (κ1) is 24.2. The molecule has 0 bridgehead atoms. The number of amides is 2. The van der Waals surface area contributed by atoms with E-state index in [9.17, 15) is 23.1 Å². The van der Waals surface area contributed by atoms with Gasteiger partial charge in [0.1, 0.15) is 5.75 Å². The first-order valence-corrected chi connectivity index (χ1v) is 13.2. The van der Waals surface area contributed by atoms with Crippen molar-refractivity contribution in [2.24, 2.45) is 0 Å². The number of carbonyl (C=O) groups excluding carboxylic acids is 2. The van der Waals surface area contributed by atoms with Crippen LogP contribution in [0.25, 0.3) is 0 Å². The Labute approximate surface area is 200 Å². The molecule has 2 aliphatic rings. The third kappa shape index (κ3) is 4.95. The molecule has 1 aliphatic carbocycles. The molecule has 0 spiro atoms. The molecule has 1 aliphatic heterocycles. The van der Waals surface area contributed by atoms with Gasteiger partial charge >= 0.3 is 0 Å². The number of hydrogen-bond acceptors (Lipinski definition) is 5. The van der Waals surface area contributed by atoms with Crippen LogP contribution in [0.3, 0.4) is 0 Å². The highest BCUT2D eigenvalue weighted by Crippen LogP contribution is 2.27. The average molecular weight is 486 g/mol. The van der Waals surface area contributed by atoms with E-state index >= 15 is 0 Å². The summed E-state index contributed by atoms with van der Waals surface area (Å²) in [6.45, 7) is 1.33. The first-order valence-electron chi connectivity index (χ1n) is 11.7. The molecule has 0 unspecified atom stereocenters. The van der Waals surface area contributed by atoms with Crippen molar-refractivity contribution in [1.29, 1.82) is 0 Å². The summed E-state index contributed by atoms with van der Waals surface area (Å²) in [5, 5.41) is 9.95. The number of hydrogen-bond donors (Lipinski definition) is 1. The van der Waals surface area contributed by atoms with E-state index in [0.29, 0.717) is 31.7 Å². The fourth-order valence-corrected chi connectivity index (χ4v) is 6.18. The van der Waals surface area contributed by atoms with E-state index in [-0.39, 0.29) is 34.1 Å². The number of aromatic hydroxyl groups is 1. The van der Waals surface area contributed by atoms with Crippen molar-refractivity contribution in [2.75, 3.05) is 33.2 Å². The van der Waals surface area contributed by atoms with Gasteiger partial charge in [0.2, 0.25) is 10.0 Å². The fourth-order valence-electron chi connectivity index (χ4n) is 4.72. The summed E-state index contributed by atoms with van der Waals surface area (Å²) in [6, 6.07) is 12.6. The van der Waals surface area contributed by atoms with Crippen LogP contribution in [0.15, 0.2) is 53.4 Å². The summed E-state index contributed by atoms with van der Waals surface area (Å²) in [6.07, 6.45) is 4.92. The molecule has 2 aromatic rings. The summed E-state index contributed by atoms with van der Waals surface area (Å²) in [7, 11) is -2.07. The normalized spacial score (nSPS) is 17.7. The molecule has 4 rings (SSSR count). The second-order valence-electron chi connectivity index (χ2n) is 8.94. The lowest BCUT2D eigenvalue weighted by molar-refractivity contribution is 0.0533. The molecule has 2 fully saturated rings. The molecule has 0 radical (unpaired) electrons. The Morgan fingerprint density at radius 1 is 0.882 bits per heavy atom. The maximum Gasteiger partial charge on any atom is 0.257 e. The monoisotopic (exact) mass is 485 g/mol. The van der Waals surface area contributed by atoms with Crippen molar-refractivity contribution >= 4 is 21.8 Å². The number of carbonyl (C=O) groups is 2. The predicted molar refractivity (Wildman–Crippen MR) is 128 cm³/mol. The molecular formula is C25H31N3O5S. The van der Waals surface area contributed by atoms with Crippen LogP contribution in [0.4, 0.5) is 0 Å². The van der Waals surface area contributed by atoms with Gasteiger partial charge in [0.05, 0.1) is 10.5 Å². The minimum atomic E-state index is -3.69. The number of benzene rings is 2. The summed E-state index contributed by atoms with van der Waals surface area (Å²) in [4.78, 5) is 29.2.